The molecule has 0 spiro atoms. The van der Waals surface area contributed by atoms with Crippen molar-refractivity contribution in [2.75, 3.05) is 20.1 Å². The Labute approximate surface area is 199 Å². The number of halogens is 2. The summed E-state index contributed by atoms with van der Waals surface area (Å²) in [6, 6.07) is 11.9. The van der Waals surface area contributed by atoms with Gasteiger partial charge in [0, 0.05) is 30.2 Å². The number of nitrogens with one attached hydrogen (secondary N) is 1. The largest absolute Gasteiger partial charge is 0.355 e. The van der Waals surface area contributed by atoms with Gasteiger partial charge in [0.05, 0.1) is 11.4 Å². The Kier molecular flexibility index (Phi) is 9.51. The molecule has 7 nitrogen and oxygen atoms in total. The number of rotatable bonds is 10. The summed E-state index contributed by atoms with van der Waals surface area (Å²) in [5.41, 5.74) is 0.661. The number of amides is 2. The first kappa shape index (κ1) is 26.1. The van der Waals surface area contributed by atoms with Gasteiger partial charge in [-0.15, -0.1) is 0 Å². The Bertz CT molecular complexity index is 1050. The van der Waals surface area contributed by atoms with E-state index in [1.165, 1.54) is 36.2 Å². The number of hydrogen-bond donors (Lipinski definition) is 1. The molecule has 0 saturated carbocycles. The molecule has 0 aliphatic heterocycles. The molecule has 0 aliphatic carbocycles. The van der Waals surface area contributed by atoms with E-state index in [0.29, 0.717) is 28.6 Å². The molecule has 0 radical (unpaired) electrons. The monoisotopic (exact) mass is 499 g/mol. The summed E-state index contributed by atoms with van der Waals surface area (Å²) in [5.74, 6) is -0.818. The molecule has 1 atom stereocenters. The van der Waals surface area contributed by atoms with Crippen molar-refractivity contribution < 1.29 is 18.0 Å². The minimum atomic E-state index is -3.93. The number of sulfonamides is 1. The summed E-state index contributed by atoms with van der Waals surface area (Å²) in [5, 5.41) is 3.60. The van der Waals surface area contributed by atoms with Crippen LogP contribution in [0.4, 0.5) is 0 Å². The van der Waals surface area contributed by atoms with E-state index in [2.05, 4.69) is 5.32 Å². The van der Waals surface area contributed by atoms with Crippen molar-refractivity contribution >= 4 is 45.0 Å². The number of nitrogens with zero attached hydrogens (tertiary/aromatic N) is 2. The molecule has 0 bridgehead atoms. The SMILES string of the molecule is CCNC(=O)C(CC)N(Cc1ccccc1Cl)C(=O)CN(C)S(=O)(=O)c1ccc(Cl)cc1. The molecule has 0 saturated heterocycles. The van der Waals surface area contributed by atoms with Crippen molar-refractivity contribution in [3.63, 3.8) is 0 Å². The Balaban J connectivity index is 2.33. The van der Waals surface area contributed by atoms with Crippen molar-refractivity contribution in [2.45, 2.75) is 37.8 Å². The van der Waals surface area contributed by atoms with Gasteiger partial charge >= 0.3 is 0 Å². The Hall–Kier alpha value is -2.13. The molecular formula is C22H27Cl2N3O4S. The lowest BCUT2D eigenvalue weighted by Crippen LogP contribution is -2.51. The third-order valence-corrected chi connectivity index (χ3v) is 7.35. The third-order valence-electron chi connectivity index (χ3n) is 4.92. The topological polar surface area (TPSA) is 86.8 Å². The molecule has 174 valence electrons. The zero-order valence-electron chi connectivity index (χ0n) is 18.2. The van der Waals surface area contributed by atoms with Crippen LogP contribution in [0, 0.1) is 0 Å². The molecule has 2 amide bonds. The second-order valence-corrected chi connectivity index (χ2v) is 10.0. The van der Waals surface area contributed by atoms with E-state index in [1.807, 2.05) is 0 Å². The van der Waals surface area contributed by atoms with Crippen molar-refractivity contribution in [2.24, 2.45) is 0 Å². The predicted molar refractivity (Wildman–Crippen MR) is 126 cm³/mol. The predicted octanol–water partition coefficient (Wildman–Crippen LogP) is 3.56. The molecular weight excluding hydrogens is 473 g/mol. The molecule has 2 aromatic rings. The van der Waals surface area contributed by atoms with Crippen LogP contribution in [0.25, 0.3) is 0 Å². The first-order chi connectivity index (χ1) is 15.1. The Morgan fingerprint density at radius 1 is 1.03 bits per heavy atom. The molecule has 32 heavy (non-hydrogen) atoms. The van der Waals surface area contributed by atoms with Gasteiger partial charge in [-0.2, -0.15) is 4.31 Å². The standard InChI is InChI=1S/C22H27Cl2N3O4S/c1-4-20(22(29)25-5-2)27(14-16-8-6-7-9-19(16)24)21(28)15-26(3)32(30,31)18-12-10-17(23)11-13-18/h6-13,20H,4-5,14-15H2,1-3H3,(H,25,29). The number of hydrogen-bond acceptors (Lipinski definition) is 4. The fourth-order valence-corrected chi connectivity index (χ4v) is 4.62. The zero-order valence-corrected chi connectivity index (χ0v) is 20.5. The molecule has 0 fully saturated rings. The lowest BCUT2D eigenvalue weighted by molar-refractivity contribution is -0.141. The molecule has 1 N–H and O–H groups in total. The maximum absolute atomic E-state index is 13.3. The van der Waals surface area contributed by atoms with Gasteiger partial charge in [-0.3, -0.25) is 9.59 Å². The minimum Gasteiger partial charge on any atom is -0.355 e. The van der Waals surface area contributed by atoms with Gasteiger partial charge in [0.25, 0.3) is 0 Å². The maximum atomic E-state index is 13.3. The average Bonchev–Trinajstić information content (AvgIpc) is 2.75. The first-order valence-corrected chi connectivity index (χ1v) is 12.3. The molecule has 2 rings (SSSR count). The second kappa shape index (κ2) is 11.7. The fraction of sp³-hybridized carbons (Fsp3) is 0.364. The van der Waals surface area contributed by atoms with Crippen molar-refractivity contribution in [1.82, 2.24) is 14.5 Å². The summed E-state index contributed by atoms with van der Waals surface area (Å²) in [6.45, 7) is 3.63. The van der Waals surface area contributed by atoms with E-state index in [9.17, 15) is 18.0 Å². The van der Waals surface area contributed by atoms with E-state index in [-0.39, 0.29) is 17.3 Å². The molecule has 0 aromatic heterocycles. The van der Waals surface area contributed by atoms with Gasteiger partial charge in [-0.25, -0.2) is 8.42 Å². The van der Waals surface area contributed by atoms with Crippen molar-refractivity contribution in [3.05, 3.63) is 64.1 Å². The number of benzene rings is 2. The first-order valence-electron chi connectivity index (χ1n) is 10.1. The van der Waals surface area contributed by atoms with Crippen LogP contribution in [-0.2, 0) is 26.2 Å². The molecule has 0 heterocycles. The van der Waals surface area contributed by atoms with Crippen LogP contribution in [0.2, 0.25) is 10.0 Å². The Morgan fingerprint density at radius 2 is 1.66 bits per heavy atom. The van der Waals surface area contributed by atoms with Crippen LogP contribution in [0.3, 0.4) is 0 Å². The van der Waals surface area contributed by atoms with Gasteiger partial charge in [0.15, 0.2) is 0 Å². The summed E-state index contributed by atoms with van der Waals surface area (Å²) in [6.07, 6.45) is 0.357. The van der Waals surface area contributed by atoms with Gasteiger partial charge in [0.1, 0.15) is 6.04 Å². The lowest BCUT2D eigenvalue weighted by atomic mass is 10.1. The highest BCUT2D eigenvalue weighted by atomic mass is 35.5. The van der Waals surface area contributed by atoms with Crippen LogP contribution in [-0.4, -0.2) is 55.6 Å². The number of carbonyl (C=O) groups excluding carboxylic acids is 2. The lowest BCUT2D eigenvalue weighted by Gasteiger charge is -2.32. The van der Waals surface area contributed by atoms with Gasteiger partial charge in [-0.05, 0) is 49.2 Å². The normalized spacial score (nSPS) is 12.4. The maximum Gasteiger partial charge on any atom is 0.243 e. The van der Waals surface area contributed by atoms with Gasteiger partial charge in [0.2, 0.25) is 21.8 Å². The van der Waals surface area contributed by atoms with Crippen LogP contribution in [0.15, 0.2) is 53.4 Å². The van der Waals surface area contributed by atoms with Crippen LogP contribution in [0.1, 0.15) is 25.8 Å². The third kappa shape index (κ3) is 6.45. The van der Waals surface area contributed by atoms with Crippen molar-refractivity contribution in [3.8, 4) is 0 Å². The summed E-state index contributed by atoms with van der Waals surface area (Å²) in [7, 11) is -2.61. The molecule has 1 unspecified atom stereocenters. The van der Waals surface area contributed by atoms with Crippen LogP contribution >= 0.6 is 23.2 Å². The highest BCUT2D eigenvalue weighted by molar-refractivity contribution is 7.89. The average molecular weight is 500 g/mol. The second-order valence-electron chi connectivity index (χ2n) is 7.15. The number of likely N-dealkylation sites (N-methyl/N-ethyl adjacent to an activating group) is 2. The quantitative estimate of drug-likeness (QED) is 0.541. The van der Waals surface area contributed by atoms with Gasteiger partial charge in [-0.1, -0.05) is 48.3 Å². The summed E-state index contributed by atoms with van der Waals surface area (Å²) < 4.78 is 26.8. The van der Waals surface area contributed by atoms with E-state index >= 15 is 0 Å². The zero-order chi connectivity index (χ0) is 23.9. The smallest absolute Gasteiger partial charge is 0.243 e. The molecule has 0 aliphatic rings. The minimum absolute atomic E-state index is 0.0191. The van der Waals surface area contributed by atoms with Crippen molar-refractivity contribution in [1.29, 1.82) is 0 Å². The molecule has 10 heteroatoms. The highest BCUT2D eigenvalue weighted by Crippen LogP contribution is 2.21. The van der Waals surface area contributed by atoms with E-state index in [0.717, 1.165) is 4.31 Å². The summed E-state index contributed by atoms with van der Waals surface area (Å²) in [4.78, 5) is 27.3. The van der Waals surface area contributed by atoms with E-state index < -0.39 is 28.5 Å². The number of carbonyl (C=O) groups is 2. The van der Waals surface area contributed by atoms with E-state index in [1.54, 1.807) is 38.1 Å². The highest BCUT2D eigenvalue weighted by Gasteiger charge is 2.31. The summed E-state index contributed by atoms with van der Waals surface area (Å²) >= 11 is 12.1. The Morgan fingerprint density at radius 3 is 2.22 bits per heavy atom. The van der Waals surface area contributed by atoms with Crippen LogP contribution < -0.4 is 5.32 Å². The fourth-order valence-electron chi connectivity index (χ4n) is 3.17. The van der Waals surface area contributed by atoms with Crippen LogP contribution in [0.5, 0.6) is 0 Å². The van der Waals surface area contributed by atoms with E-state index in [4.69, 9.17) is 23.2 Å². The molecule has 2 aromatic carbocycles. The van der Waals surface area contributed by atoms with Gasteiger partial charge < -0.3 is 10.2 Å².